The van der Waals surface area contributed by atoms with Gasteiger partial charge in [-0.2, -0.15) is 0 Å². The Hall–Kier alpha value is -2.94. The predicted octanol–water partition coefficient (Wildman–Crippen LogP) is 3.95. The second-order valence-corrected chi connectivity index (χ2v) is 9.89. The zero-order valence-corrected chi connectivity index (χ0v) is 22.4. The second kappa shape index (κ2) is 14.1. The quantitative estimate of drug-likeness (QED) is 0.543. The summed E-state index contributed by atoms with van der Waals surface area (Å²) in [4.78, 5) is 28.4. The van der Waals surface area contributed by atoms with Crippen molar-refractivity contribution < 1.29 is 24.2 Å². The summed E-state index contributed by atoms with van der Waals surface area (Å²) in [6.45, 7) is 7.43. The van der Waals surface area contributed by atoms with Gasteiger partial charge < -0.3 is 30.1 Å². The van der Waals surface area contributed by atoms with E-state index in [2.05, 4.69) is 17.6 Å². The van der Waals surface area contributed by atoms with Crippen molar-refractivity contribution in [3.8, 4) is 5.75 Å². The number of anilines is 1. The van der Waals surface area contributed by atoms with E-state index < -0.39 is 6.04 Å². The molecule has 2 amide bonds. The van der Waals surface area contributed by atoms with Crippen LogP contribution in [0.1, 0.15) is 60.7 Å². The lowest BCUT2D eigenvalue weighted by Gasteiger charge is -2.34. The number of carbonyl (C=O) groups excluding carboxylic acids is 2. The molecule has 8 nitrogen and oxygen atoms in total. The third-order valence-electron chi connectivity index (χ3n) is 6.75. The SMILES string of the molecule is CNC[C@@H]1OCCCC[C@H](C)Oc2ccc(NC(=O)c3ccccc3)cc2C(=O)N([C@H](C)CO)C[C@@H]1C. The fourth-order valence-electron chi connectivity index (χ4n) is 4.48. The Morgan fingerprint density at radius 2 is 1.92 bits per heavy atom. The van der Waals surface area contributed by atoms with Crippen molar-refractivity contribution >= 4 is 17.5 Å². The van der Waals surface area contributed by atoms with E-state index in [9.17, 15) is 14.7 Å². The van der Waals surface area contributed by atoms with Gasteiger partial charge in [0.25, 0.3) is 11.8 Å². The number of aliphatic hydroxyl groups is 1. The molecule has 0 bridgehead atoms. The molecule has 0 saturated heterocycles. The smallest absolute Gasteiger partial charge is 0.258 e. The lowest BCUT2D eigenvalue weighted by Crippen LogP contribution is -2.47. The number of likely N-dealkylation sites (N-methyl/N-ethyl adjacent to an activating group) is 1. The first kappa shape index (κ1) is 28.6. The van der Waals surface area contributed by atoms with Gasteiger partial charge in [0, 0.05) is 36.9 Å². The standard InChI is InChI=1S/C29H41N3O5/c1-20-18-32(21(2)19-33)29(35)25-16-24(31-28(34)23-11-6-5-7-12-23)13-14-26(25)37-22(3)10-8-9-15-36-27(20)17-30-4/h5-7,11-14,16,20-22,27,30,33H,8-10,15,17-19H2,1-4H3,(H,31,34)/t20-,21+,22-,27-/m0/s1. The van der Waals surface area contributed by atoms with Crippen molar-refractivity contribution in [3.63, 3.8) is 0 Å². The van der Waals surface area contributed by atoms with Crippen LogP contribution in [-0.4, -0.2) is 73.4 Å². The number of nitrogens with one attached hydrogen (secondary N) is 2. The van der Waals surface area contributed by atoms with E-state index in [1.54, 1.807) is 47.4 Å². The van der Waals surface area contributed by atoms with Crippen molar-refractivity contribution in [2.45, 2.75) is 58.3 Å². The van der Waals surface area contributed by atoms with Crippen molar-refractivity contribution in [2.24, 2.45) is 5.92 Å². The number of rotatable bonds is 6. The van der Waals surface area contributed by atoms with E-state index in [4.69, 9.17) is 9.47 Å². The summed E-state index contributed by atoms with van der Waals surface area (Å²) in [6, 6.07) is 13.7. The average Bonchev–Trinajstić information content (AvgIpc) is 2.90. The highest BCUT2D eigenvalue weighted by molar-refractivity contribution is 6.05. The zero-order chi connectivity index (χ0) is 26.8. The molecule has 1 aliphatic rings. The molecule has 1 heterocycles. The number of fused-ring (bicyclic) bond motifs is 1. The third-order valence-corrected chi connectivity index (χ3v) is 6.75. The fraction of sp³-hybridized carbons (Fsp3) is 0.517. The van der Waals surface area contributed by atoms with Crippen LogP contribution in [0.5, 0.6) is 5.75 Å². The molecule has 0 fully saturated rings. The number of carbonyl (C=O) groups is 2. The lowest BCUT2D eigenvalue weighted by atomic mass is 10.0. The van der Waals surface area contributed by atoms with E-state index in [1.807, 2.05) is 27.0 Å². The van der Waals surface area contributed by atoms with Crippen LogP contribution in [0.2, 0.25) is 0 Å². The Kier molecular flexibility index (Phi) is 10.9. The van der Waals surface area contributed by atoms with Crippen molar-refractivity contribution in [1.82, 2.24) is 10.2 Å². The minimum Gasteiger partial charge on any atom is -0.490 e. The van der Waals surface area contributed by atoms with Crippen LogP contribution >= 0.6 is 0 Å². The molecule has 0 aliphatic carbocycles. The first-order valence-corrected chi connectivity index (χ1v) is 13.2. The van der Waals surface area contributed by atoms with Crippen molar-refractivity contribution in [2.75, 3.05) is 38.7 Å². The number of hydrogen-bond donors (Lipinski definition) is 3. The number of hydrogen-bond acceptors (Lipinski definition) is 6. The summed E-state index contributed by atoms with van der Waals surface area (Å²) < 4.78 is 12.4. The van der Waals surface area contributed by atoms with Crippen LogP contribution in [0.4, 0.5) is 5.69 Å². The van der Waals surface area contributed by atoms with Gasteiger partial charge in [-0.15, -0.1) is 0 Å². The number of nitrogens with zero attached hydrogens (tertiary/aromatic N) is 1. The predicted molar refractivity (Wildman–Crippen MR) is 145 cm³/mol. The first-order chi connectivity index (χ1) is 17.8. The Bertz CT molecular complexity index is 1020. The van der Waals surface area contributed by atoms with Gasteiger partial charge in [-0.05, 0) is 70.5 Å². The van der Waals surface area contributed by atoms with Gasteiger partial charge in [-0.3, -0.25) is 9.59 Å². The molecular weight excluding hydrogens is 470 g/mol. The summed E-state index contributed by atoms with van der Waals surface area (Å²) in [6.07, 6.45) is 2.53. The number of ether oxygens (including phenoxy) is 2. The monoisotopic (exact) mass is 511 g/mol. The molecule has 37 heavy (non-hydrogen) atoms. The van der Waals surface area contributed by atoms with E-state index in [-0.39, 0.29) is 36.5 Å². The third kappa shape index (κ3) is 8.02. The molecule has 0 saturated carbocycles. The molecule has 0 radical (unpaired) electrons. The Morgan fingerprint density at radius 1 is 1.16 bits per heavy atom. The summed E-state index contributed by atoms with van der Waals surface area (Å²) in [5.41, 5.74) is 1.38. The van der Waals surface area contributed by atoms with Crippen LogP contribution in [-0.2, 0) is 4.74 Å². The number of aliphatic hydroxyl groups excluding tert-OH is 1. The van der Waals surface area contributed by atoms with Gasteiger partial charge in [0.05, 0.1) is 30.4 Å². The highest BCUT2D eigenvalue weighted by atomic mass is 16.5. The van der Waals surface area contributed by atoms with Crippen molar-refractivity contribution in [3.05, 3.63) is 59.7 Å². The van der Waals surface area contributed by atoms with E-state index in [0.717, 1.165) is 19.3 Å². The van der Waals surface area contributed by atoms with Crippen LogP contribution < -0.4 is 15.4 Å². The number of amides is 2. The first-order valence-electron chi connectivity index (χ1n) is 13.2. The number of benzene rings is 2. The molecule has 8 heteroatoms. The summed E-state index contributed by atoms with van der Waals surface area (Å²) in [5, 5.41) is 16.1. The molecule has 0 unspecified atom stereocenters. The van der Waals surface area contributed by atoms with Crippen LogP contribution in [0, 0.1) is 5.92 Å². The summed E-state index contributed by atoms with van der Waals surface area (Å²) in [7, 11) is 1.89. The largest absolute Gasteiger partial charge is 0.490 e. The maximum Gasteiger partial charge on any atom is 0.258 e. The van der Waals surface area contributed by atoms with Gasteiger partial charge in [-0.1, -0.05) is 25.1 Å². The van der Waals surface area contributed by atoms with Crippen LogP contribution in [0.15, 0.2) is 48.5 Å². The average molecular weight is 512 g/mol. The van der Waals surface area contributed by atoms with Crippen molar-refractivity contribution in [1.29, 1.82) is 0 Å². The molecule has 2 aromatic rings. The highest BCUT2D eigenvalue weighted by Gasteiger charge is 2.29. The summed E-state index contributed by atoms with van der Waals surface area (Å²) in [5.74, 6) is -0.0215. The van der Waals surface area contributed by atoms with Gasteiger partial charge in [-0.25, -0.2) is 0 Å². The van der Waals surface area contributed by atoms with E-state index in [1.165, 1.54) is 0 Å². The Morgan fingerprint density at radius 3 is 2.62 bits per heavy atom. The van der Waals surface area contributed by atoms with E-state index in [0.29, 0.717) is 42.3 Å². The molecule has 202 valence electrons. The van der Waals surface area contributed by atoms with Crippen LogP contribution in [0.3, 0.4) is 0 Å². The molecule has 1 aliphatic heterocycles. The second-order valence-electron chi connectivity index (χ2n) is 9.89. The molecule has 2 aromatic carbocycles. The highest BCUT2D eigenvalue weighted by Crippen LogP contribution is 2.28. The molecule has 4 atom stereocenters. The maximum absolute atomic E-state index is 14.0. The molecule has 3 N–H and O–H groups in total. The molecule has 0 spiro atoms. The van der Waals surface area contributed by atoms with Gasteiger partial charge in [0.1, 0.15) is 5.75 Å². The minimum absolute atomic E-state index is 0.0256. The molecule has 0 aromatic heterocycles. The van der Waals surface area contributed by atoms with Gasteiger partial charge in [0.2, 0.25) is 0 Å². The maximum atomic E-state index is 14.0. The lowest BCUT2D eigenvalue weighted by molar-refractivity contribution is -0.000452. The topological polar surface area (TPSA) is 100 Å². The Labute approximate surface area is 220 Å². The molecular formula is C29H41N3O5. The summed E-state index contributed by atoms with van der Waals surface area (Å²) >= 11 is 0. The Balaban J connectivity index is 1.97. The normalized spacial score (nSPS) is 22.4. The van der Waals surface area contributed by atoms with Gasteiger partial charge >= 0.3 is 0 Å². The minimum atomic E-state index is -0.411. The zero-order valence-electron chi connectivity index (χ0n) is 22.4. The van der Waals surface area contributed by atoms with Crippen LogP contribution in [0.25, 0.3) is 0 Å². The fourth-order valence-corrected chi connectivity index (χ4v) is 4.48. The van der Waals surface area contributed by atoms with Gasteiger partial charge in [0.15, 0.2) is 0 Å². The molecule has 3 rings (SSSR count). The van der Waals surface area contributed by atoms with E-state index >= 15 is 0 Å².